The monoisotopic (exact) mass is 628 g/mol. The number of nitrogens with zero attached hydrogens (tertiary/aromatic N) is 1. The lowest BCUT2D eigenvalue weighted by Gasteiger charge is -2.31. The van der Waals surface area contributed by atoms with Crippen molar-refractivity contribution in [1.82, 2.24) is 26.2 Å². The van der Waals surface area contributed by atoms with Gasteiger partial charge in [0.1, 0.15) is 30.2 Å². The van der Waals surface area contributed by atoms with Crippen molar-refractivity contribution in [2.45, 2.75) is 102 Å². The first-order valence-electron chi connectivity index (χ1n) is 14.7. The fraction of sp³-hybridized carbons (Fsp3) is 0.741. The van der Waals surface area contributed by atoms with Gasteiger partial charge < -0.3 is 53.6 Å². The summed E-state index contributed by atoms with van der Waals surface area (Å²) < 4.78 is 0. The average molecular weight is 629 g/mol. The number of rotatable bonds is 19. The molecule has 1 saturated heterocycles. The van der Waals surface area contributed by atoms with Crippen LogP contribution in [0.2, 0.25) is 0 Å². The number of aliphatic carboxylic acids is 1. The first-order chi connectivity index (χ1) is 20.6. The Morgan fingerprint density at radius 3 is 2.00 bits per heavy atom. The van der Waals surface area contributed by atoms with E-state index < -0.39 is 84.3 Å². The predicted octanol–water partition coefficient (Wildman–Crippen LogP) is -3.61. The highest BCUT2D eigenvalue weighted by Crippen LogP contribution is 2.21. The lowest BCUT2D eigenvalue weighted by Crippen LogP contribution is -2.60. The fourth-order valence-corrected chi connectivity index (χ4v) is 4.59. The minimum absolute atomic E-state index is 0.0767. The standard InChI is InChI=1S/C27H48N8O9/c1-14(2)21(34-22(38)15(3)29)26(42)35-12-6-8-19(35)25(41)33-18(13-36)24(40)31-16(9-10-20(30)37)23(39)32-17(27(43)44)7-4-5-11-28/h14-19,21,36H,4-13,28-29H2,1-3H3,(H2,30,37)(H,31,40)(H,32,39)(H,33,41)(H,34,38)(H,43,44)/t15-,16-,17-,18-,19-,21-/m0/s1. The number of hydrogen-bond donors (Lipinski definition) is 9. The number of nitrogens with one attached hydrogen (secondary N) is 4. The van der Waals surface area contributed by atoms with Crippen molar-refractivity contribution in [2.24, 2.45) is 23.1 Å². The van der Waals surface area contributed by atoms with E-state index >= 15 is 0 Å². The predicted molar refractivity (Wildman–Crippen MR) is 157 cm³/mol. The smallest absolute Gasteiger partial charge is 0.326 e. The van der Waals surface area contributed by atoms with Crippen LogP contribution in [0.4, 0.5) is 0 Å². The molecule has 1 rings (SSSR count). The maximum atomic E-state index is 13.3. The van der Waals surface area contributed by atoms with Gasteiger partial charge in [-0.15, -0.1) is 0 Å². The maximum absolute atomic E-state index is 13.3. The van der Waals surface area contributed by atoms with E-state index in [1.165, 1.54) is 11.8 Å². The van der Waals surface area contributed by atoms with Gasteiger partial charge in [-0.3, -0.25) is 28.8 Å². The Morgan fingerprint density at radius 1 is 0.864 bits per heavy atom. The van der Waals surface area contributed by atoms with E-state index in [1.54, 1.807) is 13.8 Å². The third kappa shape index (κ3) is 12.0. The van der Waals surface area contributed by atoms with Crippen LogP contribution in [-0.4, -0.2) is 112 Å². The zero-order chi connectivity index (χ0) is 33.6. The van der Waals surface area contributed by atoms with E-state index in [9.17, 15) is 43.8 Å². The molecule has 12 N–H and O–H groups in total. The van der Waals surface area contributed by atoms with E-state index in [4.69, 9.17) is 17.2 Å². The Bertz CT molecular complexity index is 1040. The average Bonchev–Trinajstić information content (AvgIpc) is 3.45. The summed E-state index contributed by atoms with van der Waals surface area (Å²) in [6, 6.07) is -7.06. The highest BCUT2D eigenvalue weighted by molar-refractivity contribution is 5.96. The fourth-order valence-electron chi connectivity index (χ4n) is 4.59. The Morgan fingerprint density at radius 2 is 1.48 bits per heavy atom. The van der Waals surface area contributed by atoms with Crippen LogP contribution in [0.1, 0.15) is 65.7 Å². The van der Waals surface area contributed by atoms with Crippen molar-refractivity contribution < 1.29 is 43.8 Å². The molecular formula is C27H48N8O9. The first kappa shape index (κ1) is 38.2. The summed E-state index contributed by atoms with van der Waals surface area (Å²) in [5.74, 6) is -6.06. The van der Waals surface area contributed by atoms with Crippen LogP contribution in [0.3, 0.4) is 0 Å². The molecule has 0 saturated carbocycles. The lowest BCUT2D eigenvalue weighted by molar-refractivity contribution is -0.143. The normalized spacial score (nSPS) is 18.0. The van der Waals surface area contributed by atoms with Gasteiger partial charge >= 0.3 is 5.97 Å². The van der Waals surface area contributed by atoms with Crippen LogP contribution < -0.4 is 38.5 Å². The minimum atomic E-state index is -1.55. The highest BCUT2D eigenvalue weighted by Gasteiger charge is 2.40. The summed E-state index contributed by atoms with van der Waals surface area (Å²) in [7, 11) is 0. The topological polar surface area (TPSA) is 289 Å². The Balaban J connectivity index is 3.02. The highest BCUT2D eigenvalue weighted by atomic mass is 16.4. The molecule has 1 aliphatic rings. The Kier molecular flexibility index (Phi) is 16.3. The molecule has 6 amide bonds. The van der Waals surface area contributed by atoms with Gasteiger partial charge in [0.2, 0.25) is 35.4 Å². The zero-order valence-electron chi connectivity index (χ0n) is 25.5. The SMILES string of the molecule is CC(C)[C@H](NC(=O)[C@H](C)N)C(=O)N1CCC[C@H]1C(=O)N[C@@H](CO)C(=O)N[C@@H](CCC(N)=O)C(=O)N[C@@H](CCCCN)C(=O)O. The number of aliphatic hydroxyl groups excluding tert-OH is 1. The van der Waals surface area contributed by atoms with Crippen molar-refractivity contribution in [1.29, 1.82) is 0 Å². The zero-order valence-corrected chi connectivity index (χ0v) is 25.5. The van der Waals surface area contributed by atoms with Gasteiger partial charge in [0, 0.05) is 13.0 Å². The van der Waals surface area contributed by atoms with Gasteiger partial charge in [0.15, 0.2) is 0 Å². The summed E-state index contributed by atoms with van der Waals surface area (Å²) in [5, 5.41) is 29.1. The summed E-state index contributed by atoms with van der Waals surface area (Å²) in [6.07, 6.45) is 1.15. The molecule has 6 atom stereocenters. The number of likely N-dealkylation sites (tertiary alicyclic amines) is 1. The number of carbonyl (C=O) groups is 7. The van der Waals surface area contributed by atoms with Gasteiger partial charge in [-0.2, -0.15) is 0 Å². The molecule has 0 aliphatic carbocycles. The van der Waals surface area contributed by atoms with Gasteiger partial charge in [-0.1, -0.05) is 13.8 Å². The molecule has 0 bridgehead atoms. The molecule has 0 aromatic rings. The summed E-state index contributed by atoms with van der Waals surface area (Å²) in [6.45, 7) is 4.60. The number of primary amides is 1. The van der Waals surface area contributed by atoms with E-state index in [0.29, 0.717) is 25.8 Å². The molecule has 0 aromatic heterocycles. The minimum Gasteiger partial charge on any atom is -0.480 e. The van der Waals surface area contributed by atoms with E-state index in [0.717, 1.165) is 0 Å². The number of nitrogens with two attached hydrogens (primary N) is 3. The number of hydrogen-bond acceptors (Lipinski definition) is 10. The maximum Gasteiger partial charge on any atom is 0.326 e. The van der Waals surface area contributed by atoms with Crippen LogP contribution in [-0.2, 0) is 33.6 Å². The molecule has 0 radical (unpaired) electrons. The van der Waals surface area contributed by atoms with E-state index in [1.807, 2.05) is 0 Å². The van der Waals surface area contributed by atoms with E-state index in [-0.39, 0.29) is 38.1 Å². The third-order valence-corrected chi connectivity index (χ3v) is 7.17. The van der Waals surface area contributed by atoms with Gasteiger partial charge in [-0.25, -0.2) is 4.79 Å². The number of amides is 6. The molecule has 0 unspecified atom stereocenters. The Hall–Kier alpha value is -3.83. The van der Waals surface area contributed by atoms with Gasteiger partial charge in [0.25, 0.3) is 0 Å². The molecule has 44 heavy (non-hydrogen) atoms. The van der Waals surface area contributed by atoms with Gasteiger partial charge in [0.05, 0.1) is 12.6 Å². The van der Waals surface area contributed by atoms with Crippen molar-refractivity contribution in [3.05, 3.63) is 0 Å². The quantitative estimate of drug-likeness (QED) is 0.0629. The lowest BCUT2D eigenvalue weighted by atomic mass is 10.0. The second-order valence-electron chi connectivity index (χ2n) is 11.2. The molecule has 1 heterocycles. The number of carboxylic acid groups (broad SMARTS) is 1. The summed E-state index contributed by atoms with van der Waals surface area (Å²) in [5.41, 5.74) is 16.3. The van der Waals surface area contributed by atoms with Crippen molar-refractivity contribution in [3.63, 3.8) is 0 Å². The van der Waals surface area contributed by atoms with E-state index in [2.05, 4.69) is 21.3 Å². The van der Waals surface area contributed by atoms with Crippen LogP contribution in [0, 0.1) is 5.92 Å². The second kappa shape index (κ2) is 18.7. The molecule has 17 heteroatoms. The van der Waals surface area contributed by atoms with Crippen molar-refractivity contribution in [2.75, 3.05) is 19.7 Å². The number of unbranched alkanes of at least 4 members (excludes halogenated alkanes) is 1. The Labute approximate surface area is 256 Å². The summed E-state index contributed by atoms with van der Waals surface area (Å²) in [4.78, 5) is 89.1. The molecule has 0 spiro atoms. The molecular weight excluding hydrogens is 580 g/mol. The van der Waals surface area contributed by atoms with Crippen LogP contribution in [0.15, 0.2) is 0 Å². The van der Waals surface area contributed by atoms with Gasteiger partial charge in [-0.05, 0) is 57.9 Å². The summed E-state index contributed by atoms with van der Waals surface area (Å²) >= 11 is 0. The van der Waals surface area contributed by atoms with Crippen LogP contribution in [0.5, 0.6) is 0 Å². The van der Waals surface area contributed by atoms with Crippen molar-refractivity contribution >= 4 is 41.4 Å². The first-order valence-corrected chi connectivity index (χ1v) is 14.7. The largest absolute Gasteiger partial charge is 0.480 e. The third-order valence-electron chi connectivity index (χ3n) is 7.17. The number of aliphatic hydroxyl groups is 1. The molecule has 17 nitrogen and oxygen atoms in total. The second-order valence-corrected chi connectivity index (χ2v) is 11.2. The van der Waals surface area contributed by atoms with Crippen LogP contribution >= 0.6 is 0 Å². The molecule has 1 fully saturated rings. The molecule has 250 valence electrons. The van der Waals surface area contributed by atoms with Crippen molar-refractivity contribution in [3.8, 4) is 0 Å². The molecule has 1 aliphatic heterocycles. The number of carbonyl (C=O) groups excluding carboxylic acids is 6. The molecule has 0 aromatic carbocycles. The van der Waals surface area contributed by atoms with Crippen LogP contribution in [0.25, 0.3) is 0 Å². The number of carboxylic acids is 1.